The third kappa shape index (κ3) is 4.94. The molecule has 0 bridgehead atoms. The molecule has 1 aliphatic rings. The molecule has 0 radical (unpaired) electrons. The maximum absolute atomic E-state index is 13.2. The number of hydrogen-bond acceptors (Lipinski definition) is 7. The molecule has 3 heterocycles. The summed E-state index contributed by atoms with van der Waals surface area (Å²) >= 11 is 0. The molecule has 0 aliphatic carbocycles. The Bertz CT molecular complexity index is 1670. The first-order valence-corrected chi connectivity index (χ1v) is 12.5. The maximum Gasteiger partial charge on any atom is 0.424 e. The number of anilines is 1. The Hall–Kier alpha value is -5.05. The molecule has 0 spiro atoms. The van der Waals surface area contributed by atoms with Crippen molar-refractivity contribution in [1.82, 2.24) is 9.55 Å². The Morgan fingerprint density at radius 1 is 0.846 bits per heavy atom. The van der Waals surface area contributed by atoms with E-state index in [1.165, 1.54) is 4.57 Å². The second-order valence-electron chi connectivity index (χ2n) is 9.29. The molecular weight excluding hydrogens is 498 g/mol. The quantitative estimate of drug-likeness (QED) is 0.297. The zero-order valence-electron chi connectivity index (χ0n) is 20.9. The third-order valence-corrected chi connectivity index (χ3v) is 6.66. The summed E-state index contributed by atoms with van der Waals surface area (Å²) in [6.45, 7) is 1.27. The van der Waals surface area contributed by atoms with E-state index >= 15 is 0 Å². The van der Waals surface area contributed by atoms with Gasteiger partial charge in [0.15, 0.2) is 5.58 Å². The van der Waals surface area contributed by atoms with Gasteiger partial charge in [-0.15, -0.1) is 0 Å². The lowest BCUT2D eigenvalue weighted by atomic mass is 9.99. The molecule has 3 aromatic carbocycles. The highest BCUT2D eigenvalue weighted by molar-refractivity contribution is 5.89. The number of carboxylic acids is 1. The number of fused-ring (bicyclic) bond motifs is 1. The molecule has 9 nitrogen and oxygen atoms in total. The molecule has 9 heteroatoms. The minimum Gasteiger partial charge on any atom is -0.481 e. The van der Waals surface area contributed by atoms with Crippen molar-refractivity contribution in [2.75, 3.05) is 18.0 Å². The average molecular weight is 524 g/mol. The molecule has 1 fully saturated rings. The number of pyridine rings is 1. The van der Waals surface area contributed by atoms with Gasteiger partial charge >= 0.3 is 11.7 Å². The Balaban J connectivity index is 1.36. The first-order chi connectivity index (χ1) is 19.1. The highest BCUT2D eigenvalue weighted by Gasteiger charge is 2.34. The number of ether oxygens (including phenoxy) is 2. The minimum absolute atomic E-state index is 0.217. The van der Waals surface area contributed by atoms with Crippen molar-refractivity contribution in [2.24, 2.45) is 5.92 Å². The van der Waals surface area contributed by atoms with Crippen LogP contribution in [0.3, 0.4) is 0 Å². The van der Waals surface area contributed by atoms with Crippen molar-refractivity contribution in [1.29, 1.82) is 0 Å². The standard InChI is InChI=1S/C30H25N3O6/c34-29(35)22-16-32(17-22)23-12-7-13-24-27(23)39-30(36)33(24)25-14-15-26(37-18-20-8-3-1-4-9-20)31-28(25)38-19-21-10-5-2-6-11-21/h1-15,22H,16-19H2,(H,34,35). The van der Waals surface area contributed by atoms with Crippen molar-refractivity contribution in [3.8, 4) is 17.4 Å². The zero-order valence-corrected chi connectivity index (χ0v) is 20.9. The van der Waals surface area contributed by atoms with E-state index in [1.807, 2.05) is 77.7 Å². The summed E-state index contributed by atoms with van der Waals surface area (Å²) in [6, 6.07) is 28.2. The van der Waals surface area contributed by atoms with Crippen LogP contribution in [0, 0.1) is 5.92 Å². The first-order valence-electron chi connectivity index (χ1n) is 12.5. The van der Waals surface area contributed by atoms with Gasteiger partial charge in [0.1, 0.15) is 18.9 Å². The van der Waals surface area contributed by atoms with E-state index in [0.717, 1.165) is 11.1 Å². The van der Waals surface area contributed by atoms with Crippen molar-refractivity contribution in [2.45, 2.75) is 13.2 Å². The van der Waals surface area contributed by atoms with Crippen LogP contribution >= 0.6 is 0 Å². The Kier molecular flexibility index (Phi) is 6.46. The number of nitrogens with zero attached hydrogens (tertiary/aromatic N) is 3. The summed E-state index contributed by atoms with van der Waals surface area (Å²) in [5.74, 6) is -1.31. The van der Waals surface area contributed by atoms with Crippen molar-refractivity contribution >= 4 is 22.8 Å². The van der Waals surface area contributed by atoms with Crippen LogP contribution in [0.15, 0.2) is 100 Å². The fourth-order valence-electron chi connectivity index (χ4n) is 4.56. The lowest BCUT2D eigenvalue weighted by Crippen LogP contribution is -2.50. The van der Waals surface area contributed by atoms with Crippen LogP contribution in [-0.2, 0) is 18.0 Å². The van der Waals surface area contributed by atoms with Crippen LogP contribution in [0.5, 0.6) is 11.8 Å². The molecular formula is C30H25N3O6. The normalized spacial score (nSPS) is 13.3. The number of carbonyl (C=O) groups is 1. The Morgan fingerprint density at radius 2 is 1.51 bits per heavy atom. The lowest BCUT2D eigenvalue weighted by Gasteiger charge is -2.38. The maximum atomic E-state index is 13.2. The first kappa shape index (κ1) is 24.3. The molecule has 1 aliphatic heterocycles. The van der Waals surface area contributed by atoms with E-state index < -0.39 is 17.6 Å². The van der Waals surface area contributed by atoms with Crippen molar-refractivity contribution in [3.05, 3.63) is 113 Å². The van der Waals surface area contributed by atoms with E-state index in [1.54, 1.807) is 18.2 Å². The summed E-state index contributed by atoms with van der Waals surface area (Å²) in [7, 11) is 0. The molecule has 0 unspecified atom stereocenters. The van der Waals surface area contributed by atoms with Gasteiger partial charge in [0, 0.05) is 19.2 Å². The highest BCUT2D eigenvalue weighted by Crippen LogP contribution is 2.34. The molecule has 39 heavy (non-hydrogen) atoms. The van der Waals surface area contributed by atoms with Crippen molar-refractivity contribution < 1.29 is 23.8 Å². The fourth-order valence-corrected chi connectivity index (χ4v) is 4.56. The van der Waals surface area contributed by atoms with Crippen LogP contribution in [0.2, 0.25) is 0 Å². The summed E-state index contributed by atoms with van der Waals surface area (Å²) < 4.78 is 19.2. The Labute approximate surface area is 223 Å². The SMILES string of the molecule is O=C(O)C1CN(c2cccc3c2oc(=O)n3-c2ccc(OCc3ccccc3)nc2OCc2ccccc2)C1. The van der Waals surface area contributed by atoms with E-state index in [9.17, 15) is 14.7 Å². The van der Waals surface area contributed by atoms with Gasteiger partial charge in [-0.1, -0.05) is 66.7 Å². The monoisotopic (exact) mass is 523 g/mol. The van der Waals surface area contributed by atoms with E-state index in [-0.39, 0.29) is 12.5 Å². The van der Waals surface area contributed by atoms with Gasteiger partial charge in [0.2, 0.25) is 11.8 Å². The second kappa shape index (κ2) is 10.4. The molecule has 5 aromatic rings. The number of aliphatic carboxylic acids is 1. The summed E-state index contributed by atoms with van der Waals surface area (Å²) in [5.41, 5.74) is 3.92. The molecule has 0 amide bonds. The van der Waals surface area contributed by atoms with Gasteiger partial charge in [-0.2, -0.15) is 4.98 Å². The molecule has 2 aromatic heterocycles. The zero-order chi connectivity index (χ0) is 26.8. The molecule has 1 N–H and O–H groups in total. The number of carboxylic acid groups (broad SMARTS) is 1. The molecule has 1 saturated heterocycles. The van der Waals surface area contributed by atoms with Crippen LogP contribution in [0.25, 0.3) is 16.8 Å². The third-order valence-electron chi connectivity index (χ3n) is 6.66. The van der Waals surface area contributed by atoms with Gasteiger partial charge in [0.05, 0.1) is 17.1 Å². The number of benzene rings is 3. The molecule has 0 saturated carbocycles. The van der Waals surface area contributed by atoms with Crippen LogP contribution in [0.1, 0.15) is 11.1 Å². The lowest BCUT2D eigenvalue weighted by molar-refractivity contribution is -0.142. The average Bonchev–Trinajstić information content (AvgIpc) is 3.27. The predicted octanol–water partition coefficient (Wildman–Crippen LogP) is 4.66. The second-order valence-corrected chi connectivity index (χ2v) is 9.29. The number of aromatic nitrogens is 2. The van der Waals surface area contributed by atoms with Gasteiger partial charge in [0.25, 0.3) is 0 Å². The largest absolute Gasteiger partial charge is 0.481 e. The van der Waals surface area contributed by atoms with Crippen LogP contribution < -0.4 is 20.1 Å². The van der Waals surface area contributed by atoms with Gasteiger partial charge in [-0.25, -0.2) is 9.36 Å². The van der Waals surface area contributed by atoms with Gasteiger partial charge in [-0.05, 0) is 29.3 Å². The number of rotatable bonds is 9. The Morgan fingerprint density at radius 3 is 2.18 bits per heavy atom. The van der Waals surface area contributed by atoms with Gasteiger partial charge in [-0.3, -0.25) is 4.79 Å². The highest BCUT2D eigenvalue weighted by atomic mass is 16.5. The predicted molar refractivity (Wildman–Crippen MR) is 144 cm³/mol. The van der Waals surface area contributed by atoms with Crippen LogP contribution in [-0.4, -0.2) is 33.7 Å². The van der Waals surface area contributed by atoms with E-state index in [0.29, 0.717) is 48.1 Å². The summed E-state index contributed by atoms with van der Waals surface area (Å²) in [5, 5.41) is 9.26. The summed E-state index contributed by atoms with van der Waals surface area (Å²) in [6.07, 6.45) is 0. The molecule has 0 atom stereocenters. The van der Waals surface area contributed by atoms with Crippen LogP contribution in [0.4, 0.5) is 5.69 Å². The fraction of sp³-hybridized carbons (Fsp3) is 0.167. The summed E-state index contributed by atoms with van der Waals surface area (Å²) in [4.78, 5) is 31.0. The van der Waals surface area contributed by atoms with E-state index in [2.05, 4.69) is 4.98 Å². The minimum atomic E-state index is -0.835. The van der Waals surface area contributed by atoms with E-state index in [4.69, 9.17) is 13.9 Å². The van der Waals surface area contributed by atoms with Gasteiger partial charge < -0.3 is 23.9 Å². The number of hydrogen-bond donors (Lipinski definition) is 1. The topological polar surface area (TPSA) is 107 Å². The smallest absolute Gasteiger partial charge is 0.424 e. The molecule has 196 valence electrons. The van der Waals surface area contributed by atoms with Crippen molar-refractivity contribution in [3.63, 3.8) is 0 Å². The number of para-hydroxylation sites is 1. The molecule has 6 rings (SSSR count). The number of oxazole rings is 1.